The van der Waals surface area contributed by atoms with E-state index in [0.717, 1.165) is 24.9 Å². The van der Waals surface area contributed by atoms with Crippen molar-refractivity contribution >= 4 is 6.03 Å². The van der Waals surface area contributed by atoms with Gasteiger partial charge in [-0.1, -0.05) is 38.3 Å². The van der Waals surface area contributed by atoms with Crippen LogP contribution in [0.3, 0.4) is 0 Å². The minimum absolute atomic E-state index is 0.139. The third-order valence-electron chi connectivity index (χ3n) is 2.71. The number of benzene rings is 1. The van der Waals surface area contributed by atoms with Gasteiger partial charge in [-0.25, -0.2) is 4.79 Å². The van der Waals surface area contributed by atoms with E-state index in [1.165, 1.54) is 12.8 Å². The first-order valence-electron chi connectivity index (χ1n) is 6.52. The molecule has 3 N–H and O–H groups in total. The molecule has 0 saturated carbocycles. The molecule has 0 fully saturated rings. The second-order valence-corrected chi connectivity index (χ2v) is 4.34. The van der Waals surface area contributed by atoms with Crippen LogP contribution in [0.4, 0.5) is 4.79 Å². The summed E-state index contributed by atoms with van der Waals surface area (Å²) in [6.07, 6.45) is 4.61. The number of urea groups is 1. The number of phenolic OH excluding ortho intramolecular Hbond substituents is 1. The molecule has 18 heavy (non-hydrogen) atoms. The van der Waals surface area contributed by atoms with Crippen molar-refractivity contribution in [2.24, 2.45) is 0 Å². The molecule has 1 rings (SSSR count). The van der Waals surface area contributed by atoms with Gasteiger partial charge in [-0.3, -0.25) is 0 Å². The maximum Gasteiger partial charge on any atom is 0.315 e. The Morgan fingerprint density at radius 3 is 2.50 bits per heavy atom. The first kappa shape index (κ1) is 14.4. The van der Waals surface area contributed by atoms with E-state index >= 15 is 0 Å². The van der Waals surface area contributed by atoms with Crippen molar-refractivity contribution in [3.05, 3.63) is 29.8 Å². The highest BCUT2D eigenvalue weighted by atomic mass is 16.3. The summed E-state index contributed by atoms with van der Waals surface area (Å²) in [7, 11) is 0. The van der Waals surface area contributed by atoms with Crippen molar-refractivity contribution in [3.63, 3.8) is 0 Å². The van der Waals surface area contributed by atoms with Crippen LogP contribution in [0, 0.1) is 0 Å². The van der Waals surface area contributed by atoms with Gasteiger partial charge in [0.2, 0.25) is 0 Å². The Morgan fingerprint density at radius 1 is 1.11 bits per heavy atom. The summed E-state index contributed by atoms with van der Waals surface area (Å²) < 4.78 is 0. The molecule has 0 spiro atoms. The Bertz CT molecular complexity index is 349. The Morgan fingerprint density at radius 2 is 1.83 bits per heavy atom. The molecular weight excluding hydrogens is 228 g/mol. The van der Waals surface area contributed by atoms with E-state index in [1.54, 1.807) is 24.3 Å². The number of aromatic hydroxyl groups is 1. The van der Waals surface area contributed by atoms with Crippen molar-refractivity contribution < 1.29 is 9.90 Å². The zero-order valence-electron chi connectivity index (χ0n) is 10.9. The number of hydrogen-bond donors (Lipinski definition) is 3. The zero-order valence-corrected chi connectivity index (χ0v) is 10.9. The van der Waals surface area contributed by atoms with Crippen LogP contribution in [0.5, 0.6) is 5.75 Å². The molecule has 0 aliphatic heterocycles. The fourth-order valence-corrected chi connectivity index (χ4v) is 1.61. The summed E-state index contributed by atoms with van der Waals surface area (Å²) in [5.74, 6) is 0.235. The molecule has 100 valence electrons. The number of carbonyl (C=O) groups excluding carboxylic acids is 1. The second kappa shape index (κ2) is 8.39. The first-order valence-corrected chi connectivity index (χ1v) is 6.52. The number of rotatable bonds is 7. The van der Waals surface area contributed by atoms with Crippen molar-refractivity contribution in [2.45, 2.75) is 39.2 Å². The van der Waals surface area contributed by atoms with Gasteiger partial charge in [0.1, 0.15) is 5.75 Å². The number of nitrogens with one attached hydrogen (secondary N) is 2. The molecule has 0 aliphatic rings. The van der Waals surface area contributed by atoms with E-state index in [2.05, 4.69) is 17.6 Å². The largest absolute Gasteiger partial charge is 0.508 e. The fraction of sp³-hybridized carbons (Fsp3) is 0.500. The first-order chi connectivity index (χ1) is 8.72. The van der Waals surface area contributed by atoms with Gasteiger partial charge in [0.25, 0.3) is 0 Å². The van der Waals surface area contributed by atoms with Gasteiger partial charge < -0.3 is 15.7 Å². The average molecular weight is 250 g/mol. The van der Waals surface area contributed by atoms with E-state index in [4.69, 9.17) is 5.11 Å². The van der Waals surface area contributed by atoms with Crippen LogP contribution in [0.1, 0.15) is 38.2 Å². The molecule has 1 aromatic rings. The van der Waals surface area contributed by atoms with Crippen molar-refractivity contribution in [1.82, 2.24) is 10.6 Å². The molecule has 4 heteroatoms. The minimum Gasteiger partial charge on any atom is -0.508 e. The highest BCUT2D eigenvalue weighted by molar-refractivity contribution is 5.73. The second-order valence-electron chi connectivity index (χ2n) is 4.34. The van der Waals surface area contributed by atoms with Crippen LogP contribution in [-0.2, 0) is 6.54 Å². The summed E-state index contributed by atoms with van der Waals surface area (Å²) in [6.45, 7) is 3.36. The number of phenols is 1. The van der Waals surface area contributed by atoms with Gasteiger partial charge in [0.15, 0.2) is 0 Å². The molecule has 0 bridgehead atoms. The number of amides is 2. The number of hydrogen-bond acceptors (Lipinski definition) is 2. The molecule has 0 radical (unpaired) electrons. The molecule has 0 unspecified atom stereocenters. The normalized spacial score (nSPS) is 10.1. The van der Waals surface area contributed by atoms with Gasteiger partial charge in [-0.05, 0) is 24.1 Å². The van der Waals surface area contributed by atoms with Crippen LogP contribution in [-0.4, -0.2) is 17.7 Å². The topological polar surface area (TPSA) is 61.4 Å². The smallest absolute Gasteiger partial charge is 0.315 e. The Balaban J connectivity index is 2.11. The fourth-order valence-electron chi connectivity index (χ4n) is 1.61. The Hall–Kier alpha value is -1.71. The van der Waals surface area contributed by atoms with Gasteiger partial charge in [-0.15, -0.1) is 0 Å². The molecular formula is C14H22N2O2. The van der Waals surface area contributed by atoms with Crippen molar-refractivity contribution in [2.75, 3.05) is 6.54 Å². The number of unbranched alkanes of at least 4 members (excludes halogenated alkanes) is 3. The SMILES string of the molecule is CCCCCCNC(=O)NCc1ccc(O)cc1. The predicted molar refractivity (Wildman–Crippen MR) is 72.5 cm³/mol. The van der Waals surface area contributed by atoms with Crippen molar-refractivity contribution in [1.29, 1.82) is 0 Å². The quantitative estimate of drug-likeness (QED) is 0.652. The van der Waals surface area contributed by atoms with E-state index < -0.39 is 0 Å². The maximum atomic E-state index is 11.4. The lowest BCUT2D eigenvalue weighted by Gasteiger charge is -2.07. The molecule has 0 saturated heterocycles. The summed E-state index contributed by atoms with van der Waals surface area (Å²) in [5.41, 5.74) is 0.967. The van der Waals surface area contributed by atoms with E-state index in [-0.39, 0.29) is 11.8 Å². The summed E-state index contributed by atoms with van der Waals surface area (Å²) in [4.78, 5) is 11.4. The highest BCUT2D eigenvalue weighted by Gasteiger charge is 1.99. The molecule has 0 heterocycles. The average Bonchev–Trinajstić information content (AvgIpc) is 2.38. The van der Waals surface area contributed by atoms with E-state index in [1.807, 2.05) is 0 Å². The van der Waals surface area contributed by atoms with Gasteiger partial charge in [0.05, 0.1) is 0 Å². The zero-order chi connectivity index (χ0) is 13.2. The summed E-state index contributed by atoms with van der Waals surface area (Å²) in [6, 6.07) is 6.66. The van der Waals surface area contributed by atoms with Gasteiger partial charge >= 0.3 is 6.03 Å². The monoisotopic (exact) mass is 250 g/mol. The molecule has 1 aromatic carbocycles. The van der Waals surface area contributed by atoms with Crippen LogP contribution in [0.15, 0.2) is 24.3 Å². The molecule has 0 aliphatic carbocycles. The van der Waals surface area contributed by atoms with Crippen LogP contribution < -0.4 is 10.6 Å². The molecule has 4 nitrogen and oxygen atoms in total. The number of carbonyl (C=O) groups is 1. The van der Waals surface area contributed by atoms with Crippen molar-refractivity contribution in [3.8, 4) is 5.75 Å². The van der Waals surface area contributed by atoms with Crippen LogP contribution in [0.2, 0.25) is 0 Å². The molecule has 0 atom stereocenters. The lowest BCUT2D eigenvalue weighted by Crippen LogP contribution is -2.35. The standard InChI is InChI=1S/C14H22N2O2/c1-2-3-4-5-10-15-14(18)16-11-12-6-8-13(17)9-7-12/h6-9,17H,2-5,10-11H2,1H3,(H2,15,16,18). The van der Waals surface area contributed by atoms with E-state index in [9.17, 15) is 4.79 Å². The Kier molecular flexibility index (Phi) is 6.69. The van der Waals surface area contributed by atoms with E-state index in [0.29, 0.717) is 6.54 Å². The Labute approximate surface area is 108 Å². The molecule has 2 amide bonds. The van der Waals surface area contributed by atoms with Crippen LogP contribution >= 0.6 is 0 Å². The third-order valence-corrected chi connectivity index (χ3v) is 2.71. The maximum absolute atomic E-state index is 11.4. The van der Waals surface area contributed by atoms with Gasteiger partial charge in [-0.2, -0.15) is 0 Å². The molecule has 0 aromatic heterocycles. The summed E-state index contributed by atoms with van der Waals surface area (Å²) in [5, 5.41) is 14.7. The van der Waals surface area contributed by atoms with Crippen LogP contribution in [0.25, 0.3) is 0 Å². The predicted octanol–water partition coefficient (Wildman–Crippen LogP) is 2.77. The van der Waals surface area contributed by atoms with Gasteiger partial charge in [0, 0.05) is 13.1 Å². The summed E-state index contributed by atoms with van der Waals surface area (Å²) >= 11 is 0. The highest BCUT2D eigenvalue weighted by Crippen LogP contribution is 2.08. The third kappa shape index (κ3) is 6.13. The lowest BCUT2D eigenvalue weighted by atomic mass is 10.2. The minimum atomic E-state index is -0.139. The lowest BCUT2D eigenvalue weighted by molar-refractivity contribution is 0.240.